The van der Waals surface area contributed by atoms with Crippen molar-refractivity contribution in [2.45, 2.75) is 18.2 Å². The molecule has 4 nitrogen and oxygen atoms in total. The van der Waals surface area contributed by atoms with Crippen molar-refractivity contribution >= 4 is 9.84 Å². The Bertz CT molecular complexity index is 1060. The molecule has 1 heterocycles. The summed E-state index contributed by atoms with van der Waals surface area (Å²) in [5, 5.41) is 3.72. The molecule has 0 saturated heterocycles. The van der Waals surface area contributed by atoms with Gasteiger partial charge in [0.25, 0.3) is 6.43 Å². The maximum absolute atomic E-state index is 14.2. The Labute approximate surface area is 148 Å². The second-order valence-corrected chi connectivity index (χ2v) is 7.84. The Morgan fingerprint density at radius 2 is 1.65 bits per heavy atom. The molecule has 0 aliphatic carbocycles. The van der Waals surface area contributed by atoms with Crippen LogP contribution in [0.5, 0.6) is 0 Å². The standard InChI is InChI=1S/C18H14F3NO3S/c1-10-3-5-11(6-4-10)16-15(17(18(20)21)25-22-16)12-7-8-14(13(19)9-12)26(2,23)24/h3-9,18H,1-2H3. The zero-order valence-electron chi connectivity index (χ0n) is 13.8. The summed E-state index contributed by atoms with van der Waals surface area (Å²) in [6, 6.07) is 10.1. The summed E-state index contributed by atoms with van der Waals surface area (Å²) >= 11 is 0. The molecule has 2 aromatic carbocycles. The molecule has 136 valence electrons. The van der Waals surface area contributed by atoms with Gasteiger partial charge < -0.3 is 4.52 Å². The fourth-order valence-corrected chi connectivity index (χ4v) is 3.32. The highest BCUT2D eigenvalue weighted by atomic mass is 32.2. The van der Waals surface area contributed by atoms with Gasteiger partial charge in [-0.2, -0.15) is 0 Å². The Hall–Kier alpha value is -2.61. The molecule has 0 fully saturated rings. The minimum absolute atomic E-state index is 0.0574. The normalized spacial score (nSPS) is 11.9. The molecule has 0 spiro atoms. The zero-order chi connectivity index (χ0) is 19.1. The van der Waals surface area contributed by atoms with Gasteiger partial charge in [-0.25, -0.2) is 21.6 Å². The van der Waals surface area contributed by atoms with Crippen molar-refractivity contribution in [1.82, 2.24) is 5.16 Å². The van der Waals surface area contributed by atoms with Gasteiger partial charge in [0.2, 0.25) is 5.76 Å². The maximum atomic E-state index is 14.2. The van der Waals surface area contributed by atoms with Gasteiger partial charge in [-0.1, -0.05) is 41.1 Å². The van der Waals surface area contributed by atoms with Crippen LogP contribution in [0.1, 0.15) is 17.7 Å². The average Bonchev–Trinajstić information content (AvgIpc) is 2.99. The lowest BCUT2D eigenvalue weighted by atomic mass is 9.98. The number of benzene rings is 2. The summed E-state index contributed by atoms with van der Waals surface area (Å²) in [7, 11) is -3.77. The minimum atomic E-state index is -3.77. The van der Waals surface area contributed by atoms with E-state index in [1.165, 1.54) is 6.07 Å². The van der Waals surface area contributed by atoms with Crippen molar-refractivity contribution in [2.24, 2.45) is 0 Å². The number of aromatic nitrogens is 1. The molecular weight excluding hydrogens is 367 g/mol. The van der Waals surface area contributed by atoms with E-state index in [0.29, 0.717) is 5.56 Å². The average molecular weight is 381 g/mol. The van der Waals surface area contributed by atoms with Crippen LogP contribution in [0.15, 0.2) is 51.9 Å². The summed E-state index contributed by atoms with van der Waals surface area (Å²) in [4.78, 5) is -0.506. The molecule has 0 saturated carbocycles. The van der Waals surface area contributed by atoms with E-state index in [-0.39, 0.29) is 16.8 Å². The third kappa shape index (κ3) is 3.37. The number of alkyl halides is 2. The first-order valence-electron chi connectivity index (χ1n) is 7.53. The molecule has 0 radical (unpaired) electrons. The van der Waals surface area contributed by atoms with Gasteiger partial charge in [-0.3, -0.25) is 0 Å². The zero-order valence-corrected chi connectivity index (χ0v) is 14.6. The first-order chi connectivity index (χ1) is 12.2. The molecule has 0 amide bonds. The Morgan fingerprint density at radius 3 is 2.19 bits per heavy atom. The molecule has 0 atom stereocenters. The van der Waals surface area contributed by atoms with E-state index < -0.39 is 32.7 Å². The van der Waals surface area contributed by atoms with Crippen molar-refractivity contribution in [1.29, 1.82) is 0 Å². The van der Waals surface area contributed by atoms with Crippen LogP contribution in [0.3, 0.4) is 0 Å². The SMILES string of the molecule is Cc1ccc(-c2noc(C(F)F)c2-c2ccc(S(C)(=O)=O)c(F)c2)cc1. The molecule has 0 bridgehead atoms. The second-order valence-electron chi connectivity index (χ2n) is 5.85. The summed E-state index contributed by atoms with van der Waals surface area (Å²) in [6.07, 6.45) is -2.10. The van der Waals surface area contributed by atoms with E-state index in [4.69, 9.17) is 4.52 Å². The Morgan fingerprint density at radius 1 is 1.04 bits per heavy atom. The summed E-state index contributed by atoms with van der Waals surface area (Å²) < 4.78 is 68.8. The van der Waals surface area contributed by atoms with E-state index in [1.807, 2.05) is 6.92 Å². The quantitative estimate of drug-likeness (QED) is 0.652. The number of rotatable bonds is 4. The number of hydrogen-bond acceptors (Lipinski definition) is 4. The lowest BCUT2D eigenvalue weighted by molar-refractivity contribution is 0.113. The topological polar surface area (TPSA) is 60.2 Å². The monoisotopic (exact) mass is 381 g/mol. The molecule has 0 unspecified atom stereocenters. The van der Waals surface area contributed by atoms with Crippen LogP contribution in [0.4, 0.5) is 13.2 Å². The van der Waals surface area contributed by atoms with Crippen LogP contribution in [0.2, 0.25) is 0 Å². The van der Waals surface area contributed by atoms with E-state index in [0.717, 1.165) is 24.0 Å². The lowest BCUT2D eigenvalue weighted by Crippen LogP contribution is -2.01. The summed E-state index contributed by atoms with van der Waals surface area (Å²) in [6.45, 7) is 1.87. The minimum Gasteiger partial charge on any atom is -0.354 e. The summed E-state index contributed by atoms with van der Waals surface area (Å²) in [5.41, 5.74) is 1.61. The molecule has 1 aromatic heterocycles. The van der Waals surface area contributed by atoms with Crippen LogP contribution in [-0.2, 0) is 9.84 Å². The lowest BCUT2D eigenvalue weighted by Gasteiger charge is -2.07. The van der Waals surface area contributed by atoms with E-state index in [2.05, 4.69) is 5.16 Å². The molecule has 3 rings (SSSR count). The Balaban J connectivity index is 2.22. The van der Waals surface area contributed by atoms with Crippen LogP contribution in [0.25, 0.3) is 22.4 Å². The first-order valence-corrected chi connectivity index (χ1v) is 9.42. The first kappa shape index (κ1) is 18.2. The van der Waals surface area contributed by atoms with Gasteiger partial charge in [-0.05, 0) is 24.6 Å². The second kappa shape index (κ2) is 6.60. The highest BCUT2D eigenvalue weighted by molar-refractivity contribution is 7.90. The van der Waals surface area contributed by atoms with Gasteiger partial charge in [0.05, 0.1) is 5.56 Å². The number of hydrogen-bond donors (Lipinski definition) is 0. The molecule has 3 aromatic rings. The molecular formula is C18H14F3NO3S. The largest absolute Gasteiger partial charge is 0.354 e. The molecule has 26 heavy (non-hydrogen) atoms. The van der Waals surface area contributed by atoms with Crippen LogP contribution in [0, 0.1) is 12.7 Å². The van der Waals surface area contributed by atoms with Crippen molar-refractivity contribution in [2.75, 3.05) is 6.26 Å². The fraction of sp³-hybridized carbons (Fsp3) is 0.167. The van der Waals surface area contributed by atoms with Crippen LogP contribution >= 0.6 is 0 Å². The fourth-order valence-electron chi connectivity index (χ4n) is 2.60. The van der Waals surface area contributed by atoms with Gasteiger partial charge in [-0.15, -0.1) is 0 Å². The third-order valence-electron chi connectivity index (χ3n) is 3.86. The highest BCUT2D eigenvalue weighted by Crippen LogP contribution is 2.39. The van der Waals surface area contributed by atoms with E-state index in [9.17, 15) is 21.6 Å². The Kier molecular flexibility index (Phi) is 4.62. The van der Waals surface area contributed by atoms with Crippen LogP contribution < -0.4 is 0 Å². The van der Waals surface area contributed by atoms with Gasteiger partial charge in [0.15, 0.2) is 9.84 Å². The van der Waals surface area contributed by atoms with E-state index >= 15 is 0 Å². The van der Waals surface area contributed by atoms with Crippen molar-refractivity contribution in [3.63, 3.8) is 0 Å². The van der Waals surface area contributed by atoms with E-state index in [1.54, 1.807) is 24.3 Å². The smallest absolute Gasteiger partial charge is 0.298 e. The van der Waals surface area contributed by atoms with Crippen molar-refractivity contribution in [3.05, 3.63) is 59.6 Å². The predicted octanol–water partition coefficient (Wildman–Crippen LogP) is 4.80. The molecule has 0 aliphatic heterocycles. The van der Waals surface area contributed by atoms with Gasteiger partial charge in [0.1, 0.15) is 16.4 Å². The maximum Gasteiger partial charge on any atom is 0.298 e. The van der Waals surface area contributed by atoms with Gasteiger partial charge >= 0.3 is 0 Å². The molecule has 8 heteroatoms. The molecule has 0 N–H and O–H groups in total. The number of sulfone groups is 1. The molecule has 0 aliphatic rings. The predicted molar refractivity (Wildman–Crippen MR) is 90.1 cm³/mol. The summed E-state index contributed by atoms with van der Waals surface area (Å²) in [5.74, 6) is -1.73. The third-order valence-corrected chi connectivity index (χ3v) is 4.99. The number of halogens is 3. The van der Waals surface area contributed by atoms with Crippen molar-refractivity contribution < 1.29 is 26.1 Å². The number of nitrogens with zero attached hydrogens (tertiary/aromatic N) is 1. The number of aryl methyl sites for hydroxylation is 1. The van der Waals surface area contributed by atoms with Crippen LogP contribution in [-0.4, -0.2) is 19.8 Å². The van der Waals surface area contributed by atoms with Gasteiger partial charge in [0, 0.05) is 11.8 Å². The highest BCUT2D eigenvalue weighted by Gasteiger charge is 2.27. The van der Waals surface area contributed by atoms with Crippen molar-refractivity contribution in [3.8, 4) is 22.4 Å².